The molecule has 0 spiro atoms. The van der Waals surface area contributed by atoms with Crippen LogP contribution in [0.25, 0.3) is 16.9 Å². The monoisotopic (exact) mass is 325 g/mol. The number of halogens is 1. The van der Waals surface area contributed by atoms with Crippen molar-refractivity contribution in [2.45, 2.75) is 27.2 Å². The number of carbonyl (C=O) groups is 1. The molecule has 0 atom stereocenters. The Morgan fingerprint density at radius 3 is 2.54 bits per heavy atom. The predicted molar refractivity (Wildman–Crippen MR) is 93.3 cm³/mol. The molecule has 5 heteroatoms. The van der Waals surface area contributed by atoms with Gasteiger partial charge in [-0.05, 0) is 41.8 Å². The fraction of sp³-hybridized carbons (Fsp3) is 0.263. The molecule has 124 valence electrons. The molecule has 0 bridgehead atoms. The van der Waals surface area contributed by atoms with Crippen LogP contribution in [0.5, 0.6) is 0 Å². The number of nitrogens with zero attached hydrogens (tertiary/aromatic N) is 2. The highest BCUT2D eigenvalue weighted by atomic mass is 19.1. The van der Waals surface area contributed by atoms with Crippen LogP contribution in [0, 0.1) is 11.2 Å². The van der Waals surface area contributed by atoms with E-state index < -0.39 is 0 Å². The van der Waals surface area contributed by atoms with Crippen molar-refractivity contribution in [1.29, 1.82) is 0 Å². The van der Waals surface area contributed by atoms with Crippen LogP contribution >= 0.6 is 0 Å². The third-order valence-corrected chi connectivity index (χ3v) is 3.60. The second kappa shape index (κ2) is 6.07. The summed E-state index contributed by atoms with van der Waals surface area (Å²) in [7, 11) is 0. The van der Waals surface area contributed by atoms with E-state index in [9.17, 15) is 9.18 Å². The first-order chi connectivity index (χ1) is 11.3. The lowest BCUT2D eigenvalue weighted by Crippen LogP contribution is -2.20. The Bertz CT molecular complexity index is 876. The quantitative estimate of drug-likeness (QED) is 0.770. The lowest BCUT2D eigenvalue weighted by Gasteiger charge is -2.17. The second-order valence-electron chi connectivity index (χ2n) is 7.03. The molecular formula is C19H20FN3O. The molecule has 0 aliphatic carbocycles. The Balaban J connectivity index is 2.05. The van der Waals surface area contributed by atoms with Crippen molar-refractivity contribution in [3.63, 3.8) is 0 Å². The van der Waals surface area contributed by atoms with E-state index in [1.54, 1.807) is 12.1 Å². The second-order valence-corrected chi connectivity index (χ2v) is 7.03. The number of pyridine rings is 1. The lowest BCUT2D eigenvalue weighted by atomic mass is 9.92. The number of amides is 1. The van der Waals surface area contributed by atoms with Crippen molar-refractivity contribution in [2.75, 3.05) is 5.32 Å². The molecule has 3 rings (SSSR count). The number of hydrogen-bond donors (Lipinski definition) is 1. The van der Waals surface area contributed by atoms with Gasteiger partial charge in [-0.15, -0.1) is 0 Å². The molecule has 0 saturated heterocycles. The van der Waals surface area contributed by atoms with E-state index >= 15 is 0 Å². The third-order valence-electron chi connectivity index (χ3n) is 3.60. The highest BCUT2D eigenvalue weighted by Gasteiger charge is 2.20. The van der Waals surface area contributed by atoms with Crippen molar-refractivity contribution in [2.24, 2.45) is 5.41 Å². The molecule has 0 unspecified atom stereocenters. The molecule has 2 aromatic heterocycles. The van der Waals surface area contributed by atoms with Gasteiger partial charge >= 0.3 is 0 Å². The first-order valence-corrected chi connectivity index (χ1v) is 7.86. The van der Waals surface area contributed by atoms with Gasteiger partial charge in [-0.25, -0.2) is 9.37 Å². The number of fused-ring (bicyclic) bond motifs is 1. The molecule has 1 aromatic carbocycles. The summed E-state index contributed by atoms with van der Waals surface area (Å²) in [5, 5.41) is 2.97. The largest absolute Gasteiger partial charge is 0.310 e. The minimum Gasteiger partial charge on any atom is -0.310 e. The summed E-state index contributed by atoms with van der Waals surface area (Å²) in [4.78, 5) is 17.0. The maximum absolute atomic E-state index is 13.2. The topological polar surface area (TPSA) is 46.4 Å². The number of anilines is 1. The van der Waals surface area contributed by atoms with Crippen LogP contribution in [-0.2, 0) is 4.79 Å². The Morgan fingerprint density at radius 2 is 1.88 bits per heavy atom. The molecule has 3 aromatic rings. The van der Waals surface area contributed by atoms with E-state index in [-0.39, 0.29) is 17.1 Å². The minimum atomic E-state index is -0.305. The smallest absolute Gasteiger partial charge is 0.226 e. The zero-order valence-corrected chi connectivity index (χ0v) is 14.0. The normalized spacial score (nSPS) is 11.7. The number of hydrogen-bond acceptors (Lipinski definition) is 2. The van der Waals surface area contributed by atoms with E-state index in [0.717, 1.165) is 11.2 Å². The fourth-order valence-corrected chi connectivity index (χ4v) is 2.58. The molecule has 0 aliphatic heterocycles. The van der Waals surface area contributed by atoms with Crippen LogP contribution in [-0.4, -0.2) is 15.3 Å². The Morgan fingerprint density at radius 1 is 1.17 bits per heavy atom. The van der Waals surface area contributed by atoms with Crippen LogP contribution in [0.15, 0.2) is 48.7 Å². The van der Waals surface area contributed by atoms with Crippen LogP contribution in [0.3, 0.4) is 0 Å². The molecule has 1 amide bonds. The predicted octanol–water partition coefficient (Wildman–Crippen LogP) is 4.52. The maximum Gasteiger partial charge on any atom is 0.226 e. The Labute approximate surface area is 140 Å². The third kappa shape index (κ3) is 3.45. The van der Waals surface area contributed by atoms with Gasteiger partial charge in [-0.1, -0.05) is 26.8 Å². The van der Waals surface area contributed by atoms with Gasteiger partial charge in [0, 0.05) is 18.2 Å². The summed E-state index contributed by atoms with van der Waals surface area (Å²) in [5.41, 5.74) is 2.00. The van der Waals surface area contributed by atoms with Gasteiger partial charge in [0.05, 0.1) is 0 Å². The van der Waals surface area contributed by atoms with Gasteiger partial charge in [0.1, 0.15) is 23.0 Å². The van der Waals surface area contributed by atoms with Gasteiger partial charge in [-0.2, -0.15) is 0 Å². The van der Waals surface area contributed by atoms with Crippen LogP contribution in [0.1, 0.15) is 27.2 Å². The number of rotatable bonds is 3. The van der Waals surface area contributed by atoms with E-state index in [2.05, 4.69) is 10.3 Å². The highest BCUT2D eigenvalue weighted by molar-refractivity contribution is 5.94. The Kier molecular flexibility index (Phi) is 4.09. The number of nitrogens with one attached hydrogen (secondary N) is 1. The van der Waals surface area contributed by atoms with E-state index in [4.69, 9.17) is 0 Å². The number of carbonyl (C=O) groups excluding carboxylic acids is 1. The van der Waals surface area contributed by atoms with Gasteiger partial charge in [0.2, 0.25) is 5.91 Å². The van der Waals surface area contributed by atoms with Gasteiger partial charge in [0.25, 0.3) is 0 Å². The molecule has 24 heavy (non-hydrogen) atoms. The van der Waals surface area contributed by atoms with E-state index in [0.29, 0.717) is 17.9 Å². The van der Waals surface area contributed by atoms with E-state index in [1.807, 2.05) is 49.6 Å². The van der Waals surface area contributed by atoms with E-state index in [1.165, 1.54) is 12.1 Å². The summed E-state index contributed by atoms with van der Waals surface area (Å²) in [6.07, 6.45) is 2.25. The number of aromatic nitrogens is 2. The average molecular weight is 325 g/mol. The standard InChI is InChI=1S/C19H20FN3O/c1-19(2,3)12-16(24)22-18-17(13-7-9-14(20)10-8-13)21-15-6-4-5-11-23(15)18/h4-11H,12H2,1-3H3,(H,22,24). The first kappa shape index (κ1) is 16.2. The molecule has 0 fully saturated rings. The summed E-state index contributed by atoms with van der Waals surface area (Å²) in [6.45, 7) is 6.05. The zero-order chi connectivity index (χ0) is 17.3. The van der Waals surface area contributed by atoms with Crippen LogP contribution < -0.4 is 5.32 Å². The molecule has 4 nitrogen and oxygen atoms in total. The van der Waals surface area contributed by atoms with Crippen molar-refractivity contribution >= 4 is 17.4 Å². The Hall–Kier alpha value is -2.69. The number of benzene rings is 1. The van der Waals surface area contributed by atoms with Crippen molar-refractivity contribution < 1.29 is 9.18 Å². The summed E-state index contributed by atoms with van der Waals surface area (Å²) >= 11 is 0. The lowest BCUT2D eigenvalue weighted by molar-refractivity contribution is -0.117. The van der Waals surface area contributed by atoms with Crippen LogP contribution in [0.4, 0.5) is 10.2 Å². The van der Waals surface area contributed by atoms with Crippen molar-refractivity contribution in [1.82, 2.24) is 9.38 Å². The van der Waals surface area contributed by atoms with Crippen LogP contribution in [0.2, 0.25) is 0 Å². The van der Waals surface area contributed by atoms with Crippen molar-refractivity contribution in [3.05, 3.63) is 54.5 Å². The maximum atomic E-state index is 13.2. The first-order valence-electron chi connectivity index (χ1n) is 7.86. The fourth-order valence-electron chi connectivity index (χ4n) is 2.58. The van der Waals surface area contributed by atoms with Gasteiger partial charge in [-0.3, -0.25) is 9.20 Å². The van der Waals surface area contributed by atoms with Gasteiger partial charge in [0.15, 0.2) is 0 Å². The summed E-state index contributed by atoms with van der Waals surface area (Å²) < 4.78 is 15.0. The highest BCUT2D eigenvalue weighted by Crippen LogP contribution is 2.30. The molecule has 2 heterocycles. The minimum absolute atomic E-state index is 0.0727. The van der Waals surface area contributed by atoms with Gasteiger partial charge < -0.3 is 5.32 Å². The molecule has 0 radical (unpaired) electrons. The molecular weight excluding hydrogens is 305 g/mol. The number of imidazole rings is 1. The summed E-state index contributed by atoms with van der Waals surface area (Å²) in [6, 6.07) is 11.7. The molecule has 0 aliphatic rings. The average Bonchev–Trinajstić information content (AvgIpc) is 2.85. The van der Waals surface area contributed by atoms with Crippen molar-refractivity contribution in [3.8, 4) is 11.3 Å². The summed E-state index contributed by atoms with van der Waals surface area (Å²) in [5.74, 6) is 0.226. The molecule has 1 N–H and O–H groups in total. The zero-order valence-electron chi connectivity index (χ0n) is 14.0. The molecule has 0 saturated carbocycles. The SMILES string of the molecule is CC(C)(C)CC(=O)Nc1c(-c2ccc(F)cc2)nc2ccccn12.